The molecule has 1 atom stereocenters. The van der Waals surface area contributed by atoms with Gasteiger partial charge in [0.2, 0.25) is 0 Å². The van der Waals surface area contributed by atoms with Gasteiger partial charge in [0, 0.05) is 30.4 Å². The van der Waals surface area contributed by atoms with E-state index in [2.05, 4.69) is 10.3 Å². The number of halogens is 1. The summed E-state index contributed by atoms with van der Waals surface area (Å²) in [6.07, 6.45) is 5.43. The lowest BCUT2D eigenvalue weighted by molar-refractivity contribution is 0.0899. The van der Waals surface area contributed by atoms with Gasteiger partial charge in [-0.1, -0.05) is 0 Å². The van der Waals surface area contributed by atoms with Crippen LogP contribution in [0.4, 0.5) is 0 Å². The minimum absolute atomic E-state index is 0. The number of hydrogen-bond acceptors (Lipinski definition) is 3. The summed E-state index contributed by atoms with van der Waals surface area (Å²) in [5.41, 5.74) is 0.737. The number of Topliss-reactive ketones (excluding diaryl/α,β-unsaturated/α-hetero) is 1. The molecule has 0 aromatic carbocycles. The van der Waals surface area contributed by atoms with Crippen molar-refractivity contribution in [2.75, 3.05) is 13.1 Å². The third kappa shape index (κ3) is 3.01. The monoisotopic (exact) mass is 226 g/mol. The van der Waals surface area contributed by atoms with Crippen molar-refractivity contribution >= 4 is 18.2 Å². The Morgan fingerprint density at radius 1 is 1.53 bits per heavy atom. The van der Waals surface area contributed by atoms with Crippen LogP contribution in [0.2, 0.25) is 0 Å². The van der Waals surface area contributed by atoms with Gasteiger partial charge >= 0.3 is 0 Å². The molecule has 15 heavy (non-hydrogen) atoms. The minimum atomic E-state index is 0. The zero-order chi connectivity index (χ0) is 9.80. The number of carbonyl (C=O) groups is 1. The van der Waals surface area contributed by atoms with E-state index in [1.54, 1.807) is 12.4 Å². The fourth-order valence-electron chi connectivity index (χ4n) is 1.82. The molecule has 0 saturated carbocycles. The second-order valence-electron chi connectivity index (χ2n) is 3.65. The van der Waals surface area contributed by atoms with Crippen molar-refractivity contribution < 1.29 is 4.79 Å². The summed E-state index contributed by atoms with van der Waals surface area (Å²) in [7, 11) is 0. The number of carbonyl (C=O) groups excluding carboxylic acids is 1. The maximum absolute atomic E-state index is 11.9. The number of hydrogen-bond donors (Lipinski definition) is 1. The molecule has 1 aromatic rings. The highest BCUT2D eigenvalue weighted by Gasteiger charge is 2.21. The fourth-order valence-corrected chi connectivity index (χ4v) is 1.82. The molecule has 0 amide bonds. The molecular formula is C11H15ClN2O. The van der Waals surface area contributed by atoms with Crippen LogP contribution in [-0.4, -0.2) is 23.9 Å². The molecule has 0 spiro atoms. The number of rotatable bonds is 2. The lowest BCUT2D eigenvalue weighted by Crippen LogP contribution is -2.34. The quantitative estimate of drug-likeness (QED) is 0.781. The number of aromatic nitrogens is 1. The van der Waals surface area contributed by atoms with E-state index in [1.165, 1.54) is 0 Å². The number of pyridine rings is 1. The maximum Gasteiger partial charge on any atom is 0.168 e. The summed E-state index contributed by atoms with van der Waals surface area (Å²) in [5.74, 6) is 0.373. The normalized spacial score (nSPS) is 20.4. The lowest BCUT2D eigenvalue weighted by Gasteiger charge is -2.21. The average molecular weight is 227 g/mol. The SMILES string of the molecule is Cl.O=C(c1cccnc1)C1CCCNC1. The Morgan fingerprint density at radius 2 is 2.40 bits per heavy atom. The Hall–Kier alpha value is -0.930. The van der Waals surface area contributed by atoms with Gasteiger partial charge < -0.3 is 5.32 Å². The molecule has 3 nitrogen and oxygen atoms in total. The van der Waals surface area contributed by atoms with E-state index in [0.717, 1.165) is 31.5 Å². The van der Waals surface area contributed by atoms with Gasteiger partial charge in [0.1, 0.15) is 0 Å². The van der Waals surface area contributed by atoms with Crippen molar-refractivity contribution in [3.63, 3.8) is 0 Å². The highest BCUT2D eigenvalue weighted by molar-refractivity contribution is 5.97. The second kappa shape index (κ2) is 5.83. The fraction of sp³-hybridized carbons (Fsp3) is 0.455. The van der Waals surface area contributed by atoms with Crippen LogP contribution in [0.5, 0.6) is 0 Å². The summed E-state index contributed by atoms with van der Waals surface area (Å²) in [4.78, 5) is 15.9. The van der Waals surface area contributed by atoms with Gasteiger partial charge in [0.05, 0.1) is 0 Å². The summed E-state index contributed by atoms with van der Waals surface area (Å²) >= 11 is 0. The topological polar surface area (TPSA) is 42.0 Å². The Kier molecular flexibility index (Phi) is 4.72. The van der Waals surface area contributed by atoms with Crippen molar-refractivity contribution in [2.24, 2.45) is 5.92 Å². The molecule has 2 heterocycles. The van der Waals surface area contributed by atoms with Crippen LogP contribution >= 0.6 is 12.4 Å². The molecule has 1 aliphatic rings. The Labute approximate surface area is 95.7 Å². The summed E-state index contributed by atoms with van der Waals surface area (Å²) in [6, 6.07) is 3.65. The Bertz CT molecular complexity index is 310. The third-order valence-electron chi connectivity index (χ3n) is 2.61. The second-order valence-corrected chi connectivity index (χ2v) is 3.65. The molecule has 1 unspecified atom stereocenters. The molecule has 0 radical (unpaired) electrons. The van der Waals surface area contributed by atoms with Gasteiger partial charge in [-0.15, -0.1) is 12.4 Å². The molecule has 1 fully saturated rings. The molecule has 4 heteroatoms. The van der Waals surface area contributed by atoms with Crippen molar-refractivity contribution in [3.05, 3.63) is 30.1 Å². The predicted octanol–water partition coefficient (Wildman–Crippen LogP) is 1.69. The first-order valence-electron chi connectivity index (χ1n) is 5.03. The van der Waals surface area contributed by atoms with Crippen LogP contribution in [0.3, 0.4) is 0 Å². The molecule has 2 rings (SSSR count). The molecular weight excluding hydrogens is 212 g/mol. The van der Waals surface area contributed by atoms with Crippen molar-refractivity contribution in [3.8, 4) is 0 Å². The summed E-state index contributed by atoms with van der Waals surface area (Å²) < 4.78 is 0. The molecule has 0 bridgehead atoms. The first kappa shape index (κ1) is 12.1. The molecule has 1 aromatic heterocycles. The van der Waals surface area contributed by atoms with Gasteiger partial charge in [-0.05, 0) is 31.5 Å². The zero-order valence-electron chi connectivity index (χ0n) is 8.48. The van der Waals surface area contributed by atoms with E-state index in [1.807, 2.05) is 12.1 Å². The van der Waals surface area contributed by atoms with Gasteiger partial charge in [0.15, 0.2) is 5.78 Å². The van der Waals surface area contributed by atoms with Gasteiger partial charge in [-0.2, -0.15) is 0 Å². The molecule has 0 aliphatic carbocycles. The standard InChI is InChI=1S/C11H14N2O.ClH/c14-11(9-3-1-5-12-7-9)10-4-2-6-13-8-10;/h1,3,5,7,10,13H,2,4,6,8H2;1H. The smallest absolute Gasteiger partial charge is 0.168 e. The number of piperidine rings is 1. The van der Waals surface area contributed by atoms with E-state index in [9.17, 15) is 4.79 Å². The first-order chi connectivity index (χ1) is 6.88. The van der Waals surface area contributed by atoms with E-state index in [4.69, 9.17) is 0 Å². The van der Waals surface area contributed by atoms with Crippen LogP contribution < -0.4 is 5.32 Å². The highest BCUT2D eigenvalue weighted by Crippen LogP contribution is 2.15. The number of nitrogens with zero attached hydrogens (tertiary/aromatic N) is 1. The zero-order valence-corrected chi connectivity index (χ0v) is 9.30. The van der Waals surface area contributed by atoms with E-state index in [0.29, 0.717) is 0 Å². The molecule has 1 N–H and O–H groups in total. The predicted molar refractivity (Wildman–Crippen MR) is 61.4 cm³/mol. The van der Waals surface area contributed by atoms with Crippen LogP contribution in [0.1, 0.15) is 23.2 Å². The summed E-state index contributed by atoms with van der Waals surface area (Å²) in [5, 5.41) is 3.24. The van der Waals surface area contributed by atoms with Crippen molar-refractivity contribution in [1.82, 2.24) is 10.3 Å². The Morgan fingerprint density at radius 3 is 3.00 bits per heavy atom. The van der Waals surface area contributed by atoms with Crippen LogP contribution in [0.25, 0.3) is 0 Å². The van der Waals surface area contributed by atoms with Gasteiger partial charge in [0.25, 0.3) is 0 Å². The van der Waals surface area contributed by atoms with Crippen molar-refractivity contribution in [1.29, 1.82) is 0 Å². The van der Waals surface area contributed by atoms with Crippen LogP contribution in [0, 0.1) is 5.92 Å². The first-order valence-corrected chi connectivity index (χ1v) is 5.03. The largest absolute Gasteiger partial charge is 0.316 e. The third-order valence-corrected chi connectivity index (χ3v) is 2.61. The van der Waals surface area contributed by atoms with E-state index >= 15 is 0 Å². The van der Waals surface area contributed by atoms with E-state index in [-0.39, 0.29) is 24.1 Å². The van der Waals surface area contributed by atoms with Crippen LogP contribution in [-0.2, 0) is 0 Å². The molecule has 1 aliphatic heterocycles. The number of ketones is 1. The average Bonchev–Trinajstić information content (AvgIpc) is 2.30. The summed E-state index contributed by atoms with van der Waals surface area (Å²) in [6.45, 7) is 1.85. The number of nitrogens with one attached hydrogen (secondary N) is 1. The van der Waals surface area contributed by atoms with Crippen molar-refractivity contribution in [2.45, 2.75) is 12.8 Å². The Balaban J connectivity index is 0.00000112. The van der Waals surface area contributed by atoms with Gasteiger partial charge in [-0.3, -0.25) is 9.78 Å². The minimum Gasteiger partial charge on any atom is -0.316 e. The molecule has 1 saturated heterocycles. The molecule has 82 valence electrons. The van der Waals surface area contributed by atoms with E-state index < -0.39 is 0 Å². The highest BCUT2D eigenvalue weighted by atomic mass is 35.5. The lowest BCUT2D eigenvalue weighted by atomic mass is 9.92. The maximum atomic E-state index is 11.9. The van der Waals surface area contributed by atoms with Crippen LogP contribution in [0.15, 0.2) is 24.5 Å². The van der Waals surface area contributed by atoms with Gasteiger partial charge in [-0.25, -0.2) is 0 Å².